The molecule has 0 N–H and O–H groups in total. The van der Waals surface area contributed by atoms with Crippen LogP contribution >= 0.6 is 0 Å². The van der Waals surface area contributed by atoms with Crippen LogP contribution in [0.25, 0.3) is 0 Å². The second-order valence-electron chi connectivity index (χ2n) is 7.36. The van der Waals surface area contributed by atoms with E-state index in [1.165, 1.54) is 45.1 Å². The maximum Gasteiger partial charge on any atom is 0.257 e. The third kappa shape index (κ3) is 3.14. The summed E-state index contributed by atoms with van der Waals surface area (Å²) >= 11 is 0. The van der Waals surface area contributed by atoms with E-state index in [0.29, 0.717) is 6.04 Å². The standard InChI is InChI=1S/C19H28N4O/c24-19(23-14-13-21-10-5-2-7-16(21)15-23)17-8-6-9-20-18(17)22-11-3-1-4-12-22/h6,8-9,16H,1-5,7,10-15H2/t16-/m0/s1. The second kappa shape index (κ2) is 7.09. The van der Waals surface area contributed by atoms with Crippen molar-refractivity contribution < 1.29 is 4.79 Å². The van der Waals surface area contributed by atoms with Gasteiger partial charge in [0.2, 0.25) is 0 Å². The molecule has 1 aromatic rings. The summed E-state index contributed by atoms with van der Waals surface area (Å²) in [7, 11) is 0. The normalized spacial score (nSPS) is 25.4. The van der Waals surface area contributed by atoms with Crippen LogP contribution in [0.4, 0.5) is 5.82 Å². The number of hydrogen-bond acceptors (Lipinski definition) is 4. The summed E-state index contributed by atoms with van der Waals surface area (Å²) < 4.78 is 0. The van der Waals surface area contributed by atoms with E-state index in [4.69, 9.17) is 0 Å². The summed E-state index contributed by atoms with van der Waals surface area (Å²) in [6.07, 6.45) is 9.35. The van der Waals surface area contributed by atoms with E-state index in [2.05, 4.69) is 19.7 Å². The van der Waals surface area contributed by atoms with Crippen molar-refractivity contribution in [3.8, 4) is 0 Å². The molecular formula is C19H28N4O. The van der Waals surface area contributed by atoms with Crippen LogP contribution in [0.1, 0.15) is 48.9 Å². The summed E-state index contributed by atoms with van der Waals surface area (Å²) in [6, 6.07) is 4.43. The highest BCUT2D eigenvalue weighted by Crippen LogP contribution is 2.26. The van der Waals surface area contributed by atoms with E-state index >= 15 is 0 Å². The summed E-state index contributed by atoms with van der Waals surface area (Å²) in [5, 5.41) is 0. The Morgan fingerprint density at radius 2 is 1.83 bits per heavy atom. The minimum atomic E-state index is 0.175. The second-order valence-corrected chi connectivity index (χ2v) is 7.36. The first kappa shape index (κ1) is 15.9. The Bertz CT molecular complexity index is 584. The van der Waals surface area contributed by atoms with Crippen LogP contribution in [0.15, 0.2) is 18.3 Å². The molecule has 4 rings (SSSR count). The summed E-state index contributed by atoms with van der Waals surface area (Å²) in [6.45, 7) is 6.01. The van der Waals surface area contributed by atoms with E-state index in [0.717, 1.165) is 44.1 Å². The van der Waals surface area contributed by atoms with Crippen molar-refractivity contribution in [3.63, 3.8) is 0 Å². The number of anilines is 1. The Balaban J connectivity index is 1.52. The highest BCUT2D eigenvalue weighted by atomic mass is 16.2. The molecule has 3 aliphatic heterocycles. The first-order valence-electron chi connectivity index (χ1n) is 9.56. The van der Waals surface area contributed by atoms with Gasteiger partial charge in [-0.25, -0.2) is 4.98 Å². The molecule has 1 amide bonds. The molecule has 5 nitrogen and oxygen atoms in total. The Hall–Kier alpha value is -1.62. The van der Waals surface area contributed by atoms with E-state index in [9.17, 15) is 4.79 Å². The third-order valence-corrected chi connectivity index (χ3v) is 5.80. The molecule has 0 spiro atoms. The number of carbonyl (C=O) groups is 1. The van der Waals surface area contributed by atoms with Gasteiger partial charge >= 0.3 is 0 Å². The predicted octanol–water partition coefficient (Wildman–Crippen LogP) is 2.38. The molecule has 4 heterocycles. The fourth-order valence-corrected chi connectivity index (χ4v) is 4.43. The van der Waals surface area contributed by atoms with Gasteiger partial charge in [0, 0.05) is 45.0 Å². The lowest BCUT2D eigenvalue weighted by Crippen LogP contribution is -2.56. The van der Waals surface area contributed by atoms with E-state index < -0.39 is 0 Å². The van der Waals surface area contributed by atoms with Gasteiger partial charge in [-0.2, -0.15) is 0 Å². The number of piperazine rings is 1. The van der Waals surface area contributed by atoms with Gasteiger partial charge in [0.05, 0.1) is 5.56 Å². The van der Waals surface area contributed by atoms with Crippen LogP contribution in [-0.2, 0) is 0 Å². The smallest absolute Gasteiger partial charge is 0.257 e. The maximum atomic E-state index is 13.2. The van der Waals surface area contributed by atoms with Crippen molar-refractivity contribution in [2.24, 2.45) is 0 Å². The zero-order chi connectivity index (χ0) is 16.4. The molecule has 3 aliphatic rings. The Kier molecular flexibility index (Phi) is 4.69. The molecule has 0 unspecified atom stereocenters. The number of carbonyl (C=O) groups excluding carboxylic acids is 1. The quantitative estimate of drug-likeness (QED) is 0.836. The van der Waals surface area contributed by atoms with Crippen LogP contribution in [-0.4, -0.2) is 66.0 Å². The zero-order valence-corrected chi connectivity index (χ0v) is 14.5. The molecular weight excluding hydrogens is 300 g/mol. The topological polar surface area (TPSA) is 39.7 Å². The van der Waals surface area contributed by atoms with E-state index in [-0.39, 0.29) is 5.91 Å². The fourth-order valence-electron chi connectivity index (χ4n) is 4.43. The largest absolute Gasteiger partial charge is 0.356 e. The van der Waals surface area contributed by atoms with E-state index in [1.54, 1.807) is 0 Å². The summed E-state index contributed by atoms with van der Waals surface area (Å²) in [5.74, 6) is 1.07. The first-order valence-corrected chi connectivity index (χ1v) is 9.56. The van der Waals surface area contributed by atoms with Crippen LogP contribution in [0.2, 0.25) is 0 Å². The van der Waals surface area contributed by atoms with Gasteiger partial charge in [-0.15, -0.1) is 0 Å². The van der Waals surface area contributed by atoms with Crippen LogP contribution in [0.3, 0.4) is 0 Å². The number of fused-ring (bicyclic) bond motifs is 1. The van der Waals surface area contributed by atoms with Gasteiger partial charge in [0.1, 0.15) is 5.82 Å². The third-order valence-electron chi connectivity index (χ3n) is 5.80. The Morgan fingerprint density at radius 3 is 2.71 bits per heavy atom. The molecule has 24 heavy (non-hydrogen) atoms. The summed E-state index contributed by atoms with van der Waals surface area (Å²) in [4.78, 5) is 24.7. The number of pyridine rings is 1. The van der Waals surface area contributed by atoms with Crippen molar-refractivity contribution in [2.75, 3.05) is 44.2 Å². The highest BCUT2D eigenvalue weighted by molar-refractivity contribution is 5.99. The Labute approximate surface area is 144 Å². The number of amides is 1. The predicted molar refractivity (Wildman–Crippen MR) is 95.4 cm³/mol. The van der Waals surface area contributed by atoms with Crippen molar-refractivity contribution in [1.82, 2.24) is 14.8 Å². The van der Waals surface area contributed by atoms with Gasteiger partial charge in [-0.3, -0.25) is 9.69 Å². The highest BCUT2D eigenvalue weighted by Gasteiger charge is 2.32. The molecule has 5 heteroatoms. The maximum absolute atomic E-state index is 13.2. The fraction of sp³-hybridized carbons (Fsp3) is 0.684. The molecule has 3 fully saturated rings. The molecule has 0 bridgehead atoms. The monoisotopic (exact) mass is 328 g/mol. The molecule has 3 saturated heterocycles. The van der Waals surface area contributed by atoms with Crippen LogP contribution in [0.5, 0.6) is 0 Å². The number of rotatable bonds is 2. The lowest BCUT2D eigenvalue weighted by molar-refractivity contribution is 0.0372. The minimum Gasteiger partial charge on any atom is -0.356 e. The zero-order valence-electron chi connectivity index (χ0n) is 14.5. The molecule has 1 aromatic heterocycles. The van der Waals surface area contributed by atoms with Crippen molar-refractivity contribution in [3.05, 3.63) is 23.9 Å². The summed E-state index contributed by atoms with van der Waals surface area (Å²) in [5.41, 5.74) is 0.795. The number of piperidine rings is 2. The van der Waals surface area contributed by atoms with Crippen LogP contribution < -0.4 is 4.90 Å². The Morgan fingerprint density at radius 1 is 1.00 bits per heavy atom. The van der Waals surface area contributed by atoms with Gasteiger partial charge < -0.3 is 9.80 Å². The van der Waals surface area contributed by atoms with Crippen molar-refractivity contribution in [2.45, 2.75) is 44.6 Å². The lowest BCUT2D eigenvalue weighted by atomic mass is 9.99. The van der Waals surface area contributed by atoms with Crippen LogP contribution in [0, 0.1) is 0 Å². The number of nitrogens with zero attached hydrogens (tertiary/aromatic N) is 4. The van der Waals surface area contributed by atoms with Crippen molar-refractivity contribution >= 4 is 11.7 Å². The molecule has 0 radical (unpaired) electrons. The van der Waals surface area contributed by atoms with E-state index in [1.807, 2.05) is 18.3 Å². The van der Waals surface area contributed by atoms with Gasteiger partial charge in [-0.1, -0.05) is 6.42 Å². The van der Waals surface area contributed by atoms with Gasteiger partial charge in [0.15, 0.2) is 0 Å². The molecule has 130 valence electrons. The minimum absolute atomic E-state index is 0.175. The van der Waals surface area contributed by atoms with Crippen molar-refractivity contribution in [1.29, 1.82) is 0 Å². The first-order chi connectivity index (χ1) is 11.8. The SMILES string of the molecule is O=C(c1cccnc1N1CCCCC1)N1CCN2CCCC[C@H]2C1. The lowest BCUT2D eigenvalue weighted by Gasteiger charge is -2.44. The average molecular weight is 328 g/mol. The number of hydrogen-bond donors (Lipinski definition) is 0. The van der Waals surface area contributed by atoms with Gasteiger partial charge in [0.25, 0.3) is 5.91 Å². The molecule has 0 aromatic carbocycles. The number of aromatic nitrogens is 1. The molecule has 0 aliphatic carbocycles. The molecule has 1 atom stereocenters. The average Bonchev–Trinajstić information content (AvgIpc) is 2.68. The van der Waals surface area contributed by atoms with Gasteiger partial charge in [-0.05, 0) is 50.8 Å². The molecule has 0 saturated carbocycles.